The second-order valence-corrected chi connectivity index (χ2v) is 7.25. The lowest BCUT2D eigenvalue weighted by Gasteiger charge is -2.30. The fourth-order valence-electron chi connectivity index (χ4n) is 2.66. The van der Waals surface area contributed by atoms with E-state index in [-0.39, 0.29) is 36.0 Å². The fraction of sp³-hybridized carbons (Fsp3) is 0.235. The predicted octanol–water partition coefficient (Wildman–Crippen LogP) is 2.82. The van der Waals surface area contributed by atoms with Crippen molar-refractivity contribution in [3.63, 3.8) is 0 Å². The van der Waals surface area contributed by atoms with Crippen LogP contribution in [0.15, 0.2) is 35.5 Å². The second kappa shape index (κ2) is 7.23. The van der Waals surface area contributed by atoms with E-state index in [4.69, 9.17) is 10.5 Å². The largest absolute Gasteiger partial charge is 0.386 e. The Kier molecular flexibility index (Phi) is 5.19. The van der Waals surface area contributed by atoms with Gasteiger partial charge >= 0.3 is 0 Å². The Balaban J connectivity index is 1.90. The summed E-state index contributed by atoms with van der Waals surface area (Å²) < 4.78 is 34.2. The van der Waals surface area contributed by atoms with Gasteiger partial charge in [0.25, 0.3) is 5.91 Å². The van der Waals surface area contributed by atoms with Gasteiger partial charge in [-0.2, -0.15) is 0 Å². The summed E-state index contributed by atoms with van der Waals surface area (Å²) in [6, 6.07) is 5.22. The first kappa shape index (κ1) is 18.6. The number of carbonyl (C=O) groups is 1. The first-order valence-corrected chi connectivity index (χ1v) is 8.71. The highest BCUT2D eigenvalue weighted by atomic mass is 127. The highest BCUT2D eigenvalue weighted by molar-refractivity contribution is 14.1. The minimum atomic E-state index is -1.01. The molecule has 6 nitrogen and oxygen atoms in total. The minimum absolute atomic E-state index is 0.148. The molecule has 1 atom stereocenters. The lowest BCUT2D eigenvalue weighted by atomic mass is 9.92. The predicted molar refractivity (Wildman–Crippen MR) is 101 cm³/mol. The van der Waals surface area contributed by atoms with E-state index in [1.165, 1.54) is 30.5 Å². The zero-order chi connectivity index (χ0) is 18.9. The molecular formula is C17H15F2IN4O2. The zero-order valence-electron chi connectivity index (χ0n) is 13.7. The van der Waals surface area contributed by atoms with Gasteiger partial charge in [-0.3, -0.25) is 9.79 Å². The third kappa shape index (κ3) is 3.83. The summed E-state index contributed by atoms with van der Waals surface area (Å²) in [5.41, 5.74) is 4.85. The average molecular weight is 472 g/mol. The van der Waals surface area contributed by atoms with Gasteiger partial charge < -0.3 is 15.8 Å². The van der Waals surface area contributed by atoms with E-state index in [1.54, 1.807) is 6.92 Å². The molecule has 0 bridgehead atoms. The number of aliphatic imine (C=N–C) groups is 1. The monoisotopic (exact) mass is 472 g/mol. The molecule has 0 saturated carbocycles. The third-order valence-electron chi connectivity index (χ3n) is 3.85. The molecule has 0 saturated heterocycles. The highest BCUT2D eigenvalue weighted by Crippen LogP contribution is 2.32. The van der Waals surface area contributed by atoms with Gasteiger partial charge in [0.05, 0.1) is 6.61 Å². The number of nitrogens with two attached hydrogens (primary N) is 1. The Hall–Kier alpha value is -2.14. The van der Waals surface area contributed by atoms with Crippen molar-refractivity contribution in [2.75, 3.05) is 18.5 Å². The normalized spacial score (nSPS) is 19.8. The summed E-state index contributed by atoms with van der Waals surface area (Å²) in [6.45, 7) is 2.02. The molecule has 1 aromatic heterocycles. The van der Waals surface area contributed by atoms with Crippen molar-refractivity contribution in [1.82, 2.24) is 4.98 Å². The molecule has 1 aliphatic heterocycles. The molecule has 1 amide bonds. The van der Waals surface area contributed by atoms with Gasteiger partial charge in [-0.25, -0.2) is 13.8 Å². The number of hydrogen-bond acceptors (Lipinski definition) is 5. The van der Waals surface area contributed by atoms with Crippen LogP contribution in [0.4, 0.5) is 14.5 Å². The number of ether oxygens (including phenoxy) is 1. The molecular weight excluding hydrogens is 457 g/mol. The molecule has 3 rings (SSSR count). The van der Waals surface area contributed by atoms with Gasteiger partial charge in [0.1, 0.15) is 23.8 Å². The number of halogens is 3. The Morgan fingerprint density at radius 3 is 2.81 bits per heavy atom. The van der Waals surface area contributed by atoms with E-state index in [9.17, 15) is 13.6 Å². The smallest absolute Gasteiger partial charge is 0.277 e. The molecule has 3 N–H and O–H groups in total. The average Bonchev–Trinajstić information content (AvgIpc) is 2.56. The molecule has 0 fully saturated rings. The molecule has 0 unspecified atom stereocenters. The van der Waals surface area contributed by atoms with Gasteiger partial charge in [0, 0.05) is 21.0 Å². The number of aromatic nitrogens is 1. The standard InChI is InChI=1S/C17H15F2IN4O2/c1-17(8-26-7-14(21)24-17)11-5-10(2-3-12(11)18)23-16(25)15-13(19)4-9(20)6-22-15/h2-6H,7-8H2,1H3,(H2,21,24)(H,23,25)/t17-/m0/s1. The Morgan fingerprint density at radius 1 is 1.35 bits per heavy atom. The van der Waals surface area contributed by atoms with Gasteiger partial charge in [0.2, 0.25) is 0 Å². The van der Waals surface area contributed by atoms with Crippen molar-refractivity contribution < 1.29 is 18.3 Å². The second-order valence-electron chi connectivity index (χ2n) is 6.00. The van der Waals surface area contributed by atoms with Gasteiger partial charge in [-0.1, -0.05) is 0 Å². The van der Waals surface area contributed by atoms with Crippen LogP contribution in [0.5, 0.6) is 0 Å². The fourth-order valence-corrected chi connectivity index (χ4v) is 3.07. The number of amides is 1. The van der Waals surface area contributed by atoms with Gasteiger partial charge in [-0.05, 0) is 53.8 Å². The first-order valence-electron chi connectivity index (χ1n) is 7.63. The van der Waals surface area contributed by atoms with Gasteiger partial charge in [-0.15, -0.1) is 0 Å². The van der Waals surface area contributed by atoms with Crippen LogP contribution < -0.4 is 11.1 Å². The molecule has 1 aromatic carbocycles. The molecule has 0 radical (unpaired) electrons. The third-order valence-corrected chi connectivity index (χ3v) is 4.44. The van der Waals surface area contributed by atoms with E-state index in [1.807, 2.05) is 22.6 Å². The molecule has 26 heavy (non-hydrogen) atoms. The summed E-state index contributed by atoms with van der Waals surface area (Å²) in [7, 11) is 0. The van der Waals surface area contributed by atoms with Crippen molar-refractivity contribution in [3.8, 4) is 0 Å². The van der Waals surface area contributed by atoms with Crippen LogP contribution in [0.3, 0.4) is 0 Å². The number of nitrogens with one attached hydrogen (secondary N) is 1. The summed E-state index contributed by atoms with van der Waals surface area (Å²) in [4.78, 5) is 20.4. The maximum atomic E-state index is 14.3. The summed E-state index contributed by atoms with van der Waals surface area (Å²) in [6.07, 6.45) is 1.38. The van der Waals surface area contributed by atoms with Crippen molar-refractivity contribution >= 4 is 40.0 Å². The summed E-state index contributed by atoms with van der Waals surface area (Å²) in [5.74, 6) is -1.71. The van der Waals surface area contributed by atoms with Crippen molar-refractivity contribution in [2.45, 2.75) is 12.5 Å². The molecule has 136 valence electrons. The molecule has 0 spiro atoms. The van der Waals surface area contributed by atoms with Crippen molar-refractivity contribution in [3.05, 3.63) is 56.9 Å². The number of benzene rings is 1. The molecule has 0 aliphatic carbocycles. The molecule has 1 aliphatic rings. The van der Waals surface area contributed by atoms with E-state index in [0.29, 0.717) is 3.57 Å². The van der Waals surface area contributed by atoms with E-state index in [0.717, 1.165) is 0 Å². The van der Waals surface area contributed by atoms with Crippen LogP contribution in [-0.4, -0.2) is 29.9 Å². The van der Waals surface area contributed by atoms with Gasteiger partial charge in [0.15, 0.2) is 11.5 Å². The number of pyridine rings is 1. The maximum absolute atomic E-state index is 14.3. The number of nitrogens with zero attached hydrogens (tertiary/aromatic N) is 2. The van der Waals surface area contributed by atoms with Crippen LogP contribution >= 0.6 is 22.6 Å². The van der Waals surface area contributed by atoms with Crippen LogP contribution in [0.25, 0.3) is 0 Å². The maximum Gasteiger partial charge on any atom is 0.277 e. The SMILES string of the molecule is C[C@@]1(c2cc(NC(=O)c3ncc(I)cc3F)ccc2F)COCC(N)=N1. The lowest BCUT2D eigenvalue weighted by molar-refractivity contribution is 0.101. The van der Waals surface area contributed by atoms with Crippen LogP contribution in [-0.2, 0) is 10.3 Å². The Labute approximate surface area is 162 Å². The molecule has 9 heteroatoms. The summed E-state index contributed by atoms with van der Waals surface area (Å²) in [5, 5.41) is 2.52. The molecule has 2 aromatic rings. The lowest BCUT2D eigenvalue weighted by Crippen LogP contribution is -2.38. The van der Waals surface area contributed by atoms with E-state index >= 15 is 0 Å². The first-order chi connectivity index (χ1) is 12.3. The number of anilines is 1. The van der Waals surface area contributed by atoms with Crippen molar-refractivity contribution in [1.29, 1.82) is 0 Å². The summed E-state index contributed by atoms with van der Waals surface area (Å²) >= 11 is 1.89. The number of rotatable bonds is 3. The van der Waals surface area contributed by atoms with Crippen molar-refractivity contribution in [2.24, 2.45) is 10.7 Å². The van der Waals surface area contributed by atoms with E-state index < -0.39 is 23.1 Å². The minimum Gasteiger partial charge on any atom is -0.386 e. The van der Waals surface area contributed by atoms with Crippen LogP contribution in [0.1, 0.15) is 23.0 Å². The van der Waals surface area contributed by atoms with Crippen LogP contribution in [0, 0.1) is 15.2 Å². The number of carbonyl (C=O) groups excluding carboxylic acids is 1. The van der Waals surface area contributed by atoms with Crippen LogP contribution in [0.2, 0.25) is 0 Å². The molecule has 2 heterocycles. The zero-order valence-corrected chi connectivity index (χ0v) is 15.9. The Bertz CT molecular complexity index is 906. The highest BCUT2D eigenvalue weighted by Gasteiger charge is 2.33. The Morgan fingerprint density at radius 2 is 2.12 bits per heavy atom. The topological polar surface area (TPSA) is 89.6 Å². The van der Waals surface area contributed by atoms with E-state index in [2.05, 4.69) is 15.3 Å². The number of hydrogen-bond donors (Lipinski definition) is 2. The quantitative estimate of drug-likeness (QED) is 0.673. The number of amidine groups is 1.